The van der Waals surface area contributed by atoms with Gasteiger partial charge in [-0.3, -0.25) is 9.59 Å². The molecule has 0 aliphatic rings. The first kappa shape index (κ1) is 7.08. The molecule has 0 radical (unpaired) electrons. The molecule has 1 rings (SSSR count). The Morgan fingerprint density at radius 3 is 2.90 bits per heavy atom. The predicted molar refractivity (Wildman–Crippen MR) is 37.2 cm³/mol. The number of thiazole rings is 1. The monoisotopic (exact) mass is 155 g/mol. The highest BCUT2D eigenvalue weighted by Gasteiger charge is 2.06. The van der Waals surface area contributed by atoms with Crippen molar-refractivity contribution in [2.75, 3.05) is 0 Å². The Kier molecular flexibility index (Phi) is 1.91. The van der Waals surface area contributed by atoms with Crippen molar-refractivity contribution in [3.63, 3.8) is 0 Å². The zero-order valence-corrected chi connectivity index (χ0v) is 6.14. The lowest BCUT2D eigenvalue weighted by molar-refractivity contribution is -0.104. The molecule has 0 amide bonds. The maximum Gasteiger partial charge on any atom is 0.244 e. The zero-order chi connectivity index (χ0) is 7.56. The van der Waals surface area contributed by atoms with Gasteiger partial charge in [0.05, 0.1) is 5.01 Å². The maximum absolute atomic E-state index is 10.6. The van der Waals surface area contributed by atoms with Crippen molar-refractivity contribution >= 4 is 23.4 Å². The number of aryl methyl sites for hydroxylation is 1. The van der Waals surface area contributed by atoms with Gasteiger partial charge in [-0.25, -0.2) is 4.98 Å². The van der Waals surface area contributed by atoms with Crippen molar-refractivity contribution in [2.45, 2.75) is 6.92 Å². The van der Waals surface area contributed by atoms with E-state index in [2.05, 4.69) is 4.98 Å². The van der Waals surface area contributed by atoms with Crippen LogP contribution in [-0.2, 0) is 4.79 Å². The molecule has 10 heavy (non-hydrogen) atoms. The van der Waals surface area contributed by atoms with Crippen LogP contribution in [-0.4, -0.2) is 17.1 Å². The second kappa shape index (κ2) is 2.70. The third-order valence-electron chi connectivity index (χ3n) is 0.979. The van der Waals surface area contributed by atoms with E-state index >= 15 is 0 Å². The molecule has 4 heteroatoms. The summed E-state index contributed by atoms with van der Waals surface area (Å²) in [5.74, 6) is -0.552. The predicted octanol–water partition coefficient (Wildman–Crippen LogP) is 0.833. The normalized spacial score (nSPS) is 9.30. The van der Waals surface area contributed by atoms with E-state index in [1.807, 2.05) is 0 Å². The molecule has 0 aliphatic heterocycles. The van der Waals surface area contributed by atoms with E-state index in [0.717, 1.165) is 5.01 Å². The molecule has 3 nitrogen and oxygen atoms in total. The number of carbonyl (C=O) groups is 2. The van der Waals surface area contributed by atoms with Crippen molar-refractivity contribution in [2.24, 2.45) is 0 Å². The van der Waals surface area contributed by atoms with Crippen LogP contribution < -0.4 is 0 Å². The highest BCUT2D eigenvalue weighted by atomic mass is 32.1. The zero-order valence-electron chi connectivity index (χ0n) is 5.33. The molecule has 0 bridgehead atoms. The van der Waals surface area contributed by atoms with Gasteiger partial charge in [-0.1, -0.05) is 0 Å². The summed E-state index contributed by atoms with van der Waals surface area (Å²) in [6.45, 7) is 1.78. The second-order valence-electron chi connectivity index (χ2n) is 1.73. The molecular weight excluding hydrogens is 150 g/mol. The topological polar surface area (TPSA) is 47.0 Å². The summed E-state index contributed by atoms with van der Waals surface area (Å²) in [4.78, 5) is 24.4. The number of aromatic nitrogens is 1. The third kappa shape index (κ3) is 1.27. The summed E-state index contributed by atoms with van der Waals surface area (Å²) in [7, 11) is 0. The molecule has 1 heterocycles. The van der Waals surface area contributed by atoms with E-state index in [9.17, 15) is 9.59 Å². The molecule has 0 N–H and O–H groups in total. The summed E-state index contributed by atoms with van der Waals surface area (Å²) < 4.78 is 0. The summed E-state index contributed by atoms with van der Waals surface area (Å²) in [5, 5.41) is 2.37. The lowest BCUT2D eigenvalue weighted by atomic mass is 10.3. The van der Waals surface area contributed by atoms with E-state index in [0.29, 0.717) is 0 Å². The summed E-state index contributed by atoms with van der Waals surface area (Å²) >= 11 is 1.36. The van der Waals surface area contributed by atoms with Crippen LogP contribution in [0, 0.1) is 6.92 Å². The summed E-state index contributed by atoms with van der Waals surface area (Å²) in [6.07, 6.45) is 0.272. The number of hydrogen-bond donors (Lipinski definition) is 0. The van der Waals surface area contributed by atoms with Crippen LogP contribution in [0.3, 0.4) is 0 Å². The van der Waals surface area contributed by atoms with Crippen LogP contribution in [0.2, 0.25) is 0 Å². The van der Waals surface area contributed by atoms with Crippen molar-refractivity contribution in [1.82, 2.24) is 4.98 Å². The largest absolute Gasteiger partial charge is 0.294 e. The molecule has 0 saturated heterocycles. The van der Waals surface area contributed by atoms with E-state index in [1.165, 1.54) is 11.3 Å². The quantitative estimate of drug-likeness (QED) is 0.361. The number of ketones is 1. The van der Waals surface area contributed by atoms with Crippen LogP contribution in [0.1, 0.15) is 15.5 Å². The summed E-state index contributed by atoms with van der Waals surface area (Å²) in [5.41, 5.74) is 0.248. The third-order valence-corrected chi connectivity index (χ3v) is 1.75. The number of nitrogens with zero attached hydrogens (tertiary/aromatic N) is 1. The van der Waals surface area contributed by atoms with Crippen molar-refractivity contribution < 1.29 is 9.59 Å². The molecule has 0 fully saturated rings. The van der Waals surface area contributed by atoms with Gasteiger partial charge in [0.1, 0.15) is 5.69 Å². The molecule has 1 aromatic rings. The Hall–Kier alpha value is -1.03. The van der Waals surface area contributed by atoms with Gasteiger partial charge in [0.25, 0.3) is 0 Å². The fourth-order valence-electron chi connectivity index (χ4n) is 0.537. The van der Waals surface area contributed by atoms with E-state index in [4.69, 9.17) is 0 Å². The van der Waals surface area contributed by atoms with Crippen molar-refractivity contribution in [1.29, 1.82) is 0 Å². The molecule has 0 spiro atoms. The maximum atomic E-state index is 10.6. The number of aldehydes is 1. The first-order valence-electron chi connectivity index (χ1n) is 2.65. The van der Waals surface area contributed by atoms with E-state index in [1.54, 1.807) is 12.3 Å². The Morgan fingerprint density at radius 2 is 2.50 bits per heavy atom. The number of rotatable bonds is 2. The van der Waals surface area contributed by atoms with E-state index in [-0.39, 0.29) is 12.0 Å². The number of carbonyl (C=O) groups excluding carboxylic acids is 2. The van der Waals surface area contributed by atoms with Gasteiger partial charge in [0, 0.05) is 5.38 Å². The van der Waals surface area contributed by atoms with Crippen molar-refractivity contribution in [3.8, 4) is 0 Å². The molecular formula is C6H5NO2S. The highest BCUT2D eigenvalue weighted by molar-refractivity contribution is 7.09. The van der Waals surface area contributed by atoms with Gasteiger partial charge in [0.2, 0.25) is 5.78 Å². The molecule has 0 aromatic carbocycles. The standard InChI is InChI=1S/C6H5NO2S/c1-4-7-5(3-10-4)6(9)2-8/h2-3H,1H3. The first-order valence-corrected chi connectivity index (χ1v) is 3.53. The SMILES string of the molecule is Cc1nc(C(=O)C=O)cs1. The van der Waals surface area contributed by atoms with Gasteiger partial charge in [-0.2, -0.15) is 0 Å². The number of hydrogen-bond acceptors (Lipinski definition) is 4. The first-order chi connectivity index (χ1) is 4.74. The van der Waals surface area contributed by atoms with Gasteiger partial charge in [0.15, 0.2) is 6.29 Å². The minimum absolute atomic E-state index is 0.248. The fraction of sp³-hybridized carbons (Fsp3) is 0.167. The minimum Gasteiger partial charge on any atom is -0.294 e. The van der Waals surface area contributed by atoms with Crippen LogP contribution in [0.5, 0.6) is 0 Å². The van der Waals surface area contributed by atoms with Gasteiger partial charge >= 0.3 is 0 Å². The second-order valence-corrected chi connectivity index (χ2v) is 2.80. The van der Waals surface area contributed by atoms with Gasteiger partial charge in [-0.05, 0) is 6.92 Å². The van der Waals surface area contributed by atoms with Crippen LogP contribution in [0.15, 0.2) is 5.38 Å². The lowest BCUT2D eigenvalue weighted by Gasteiger charge is -1.79. The smallest absolute Gasteiger partial charge is 0.244 e. The van der Waals surface area contributed by atoms with E-state index < -0.39 is 5.78 Å². The number of Topliss-reactive ketones (excluding diaryl/α,β-unsaturated/α-hetero) is 1. The Labute approximate surface area is 61.7 Å². The molecule has 0 saturated carbocycles. The fourth-order valence-corrected chi connectivity index (χ4v) is 1.14. The Morgan fingerprint density at radius 1 is 1.80 bits per heavy atom. The molecule has 0 aliphatic carbocycles. The molecule has 0 unspecified atom stereocenters. The average Bonchev–Trinajstić information content (AvgIpc) is 2.34. The minimum atomic E-state index is -0.552. The summed E-state index contributed by atoms with van der Waals surface area (Å²) in [6, 6.07) is 0. The average molecular weight is 155 g/mol. The lowest BCUT2D eigenvalue weighted by Crippen LogP contribution is -1.99. The molecule has 52 valence electrons. The molecule has 1 aromatic heterocycles. The Balaban J connectivity index is 2.95. The van der Waals surface area contributed by atoms with Crippen LogP contribution in [0.4, 0.5) is 0 Å². The highest BCUT2D eigenvalue weighted by Crippen LogP contribution is 2.07. The van der Waals surface area contributed by atoms with Gasteiger partial charge < -0.3 is 0 Å². The van der Waals surface area contributed by atoms with Crippen molar-refractivity contribution in [3.05, 3.63) is 16.1 Å². The van der Waals surface area contributed by atoms with Gasteiger partial charge in [-0.15, -0.1) is 11.3 Å². The molecule has 0 atom stereocenters. The Bertz CT molecular complexity index is 266. The van der Waals surface area contributed by atoms with Crippen LogP contribution in [0.25, 0.3) is 0 Å². The van der Waals surface area contributed by atoms with Crippen LogP contribution >= 0.6 is 11.3 Å².